The predicted molar refractivity (Wildman–Crippen MR) is 188 cm³/mol. The van der Waals surface area contributed by atoms with Crippen LogP contribution in [0.15, 0.2) is 59.8 Å². The standard InChI is InChI=1S/C36H43N7O6/c1-24-12-15-29(31(21-24)49-20-7-5-6-11-33(44)43-18-16-41(2)17-19-43)42(3)36(46)25-13-14-27(30(22-25)48-4)39-35(45)26-9-8-10-28-34(26)40-32(38-28)23-37-47/h8-10,12-15,21-23,47H,5-7,11,16-20H2,1-4H3,(H,38,40)(H,39,45). The Kier molecular flexibility index (Phi) is 11.5. The average Bonchev–Trinajstić information content (AvgIpc) is 3.52. The SMILES string of the molecule is COc1cc(C(=O)N(C)c2ccc(C)cc2OCCCCCC(=O)N2CCN(C)CC2)ccc1NC(=O)c1cccc2[nH]c(C=NO)nc12. The lowest BCUT2D eigenvalue weighted by Gasteiger charge is -2.32. The molecule has 0 saturated carbocycles. The van der Waals surface area contributed by atoms with Crippen LogP contribution in [0, 0.1) is 6.92 Å². The molecule has 1 fully saturated rings. The topological polar surface area (TPSA) is 153 Å². The van der Waals surface area contributed by atoms with E-state index in [0.717, 1.165) is 57.2 Å². The Bertz CT molecular complexity index is 1830. The zero-order chi connectivity index (χ0) is 34.9. The number of carbonyl (C=O) groups excluding carboxylic acids is 3. The summed E-state index contributed by atoms with van der Waals surface area (Å²) in [6.07, 6.45) is 4.16. The van der Waals surface area contributed by atoms with Gasteiger partial charge < -0.3 is 39.7 Å². The number of oxime groups is 1. The Labute approximate surface area is 285 Å². The lowest BCUT2D eigenvalue weighted by atomic mass is 10.1. The van der Waals surface area contributed by atoms with Crippen molar-refractivity contribution in [2.45, 2.75) is 32.6 Å². The molecule has 1 saturated heterocycles. The van der Waals surface area contributed by atoms with Gasteiger partial charge in [0.05, 0.1) is 36.2 Å². The Hall–Kier alpha value is -5.43. The van der Waals surface area contributed by atoms with E-state index in [4.69, 9.17) is 14.7 Å². The Morgan fingerprint density at radius 3 is 2.59 bits per heavy atom. The van der Waals surface area contributed by atoms with E-state index in [9.17, 15) is 14.4 Å². The molecular weight excluding hydrogens is 626 g/mol. The van der Waals surface area contributed by atoms with Crippen molar-refractivity contribution in [3.05, 3.63) is 77.1 Å². The minimum Gasteiger partial charge on any atom is -0.495 e. The van der Waals surface area contributed by atoms with E-state index in [1.54, 1.807) is 43.4 Å². The van der Waals surface area contributed by atoms with Crippen LogP contribution in [0.4, 0.5) is 11.4 Å². The van der Waals surface area contributed by atoms with Gasteiger partial charge in [0.15, 0.2) is 5.82 Å². The number of para-hydroxylation sites is 1. The van der Waals surface area contributed by atoms with Crippen molar-refractivity contribution in [1.82, 2.24) is 19.8 Å². The van der Waals surface area contributed by atoms with E-state index in [0.29, 0.717) is 63.9 Å². The third kappa shape index (κ3) is 8.54. The van der Waals surface area contributed by atoms with Crippen molar-refractivity contribution in [3.8, 4) is 11.5 Å². The van der Waals surface area contributed by atoms with Gasteiger partial charge in [-0.2, -0.15) is 0 Å². The van der Waals surface area contributed by atoms with Gasteiger partial charge >= 0.3 is 0 Å². The monoisotopic (exact) mass is 669 g/mol. The Balaban J connectivity index is 1.20. The second kappa shape index (κ2) is 16.1. The third-order valence-corrected chi connectivity index (χ3v) is 8.58. The maximum atomic E-state index is 13.7. The minimum atomic E-state index is -0.429. The molecular formula is C36H43N7O6. The summed E-state index contributed by atoms with van der Waals surface area (Å²) in [7, 11) is 5.23. The van der Waals surface area contributed by atoms with Gasteiger partial charge in [-0.3, -0.25) is 14.4 Å². The highest BCUT2D eigenvalue weighted by Gasteiger charge is 2.22. The summed E-state index contributed by atoms with van der Waals surface area (Å²) in [5.41, 5.74) is 3.68. The molecule has 49 heavy (non-hydrogen) atoms. The fourth-order valence-corrected chi connectivity index (χ4v) is 5.74. The normalized spacial score (nSPS) is 13.5. The van der Waals surface area contributed by atoms with Crippen molar-refractivity contribution in [2.24, 2.45) is 5.16 Å². The molecule has 0 atom stereocenters. The number of benzene rings is 3. The molecule has 258 valence electrons. The first-order valence-corrected chi connectivity index (χ1v) is 16.3. The fourth-order valence-electron chi connectivity index (χ4n) is 5.74. The lowest BCUT2D eigenvalue weighted by molar-refractivity contribution is -0.132. The number of nitrogens with one attached hydrogen (secondary N) is 2. The molecule has 3 N–H and O–H groups in total. The number of carbonyl (C=O) groups is 3. The number of unbranched alkanes of at least 4 members (excludes halogenated alkanes) is 2. The molecule has 0 aliphatic carbocycles. The van der Waals surface area contributed by atoms with E-state index in [1.165, 1.54) is 12.0 Å². The average molecular weight is 670 g/mol. The lowest BCUT2D eigenvalue weighted by Crippen LogP contribution is -2.47. The van der Waals surface area contributed by atoms with E-state index in [2.05, 4.69) is 32.4 Å². The molecule has 3 amide bonds. The van der Waals surface area contributed by atoms with Crippen LogP contribution >= 0.6 is 0 Å². The maximum absolute atomic E-state index is 13.7. The minimum absolute atomic E-state index is 0.220. The summed E-state index contributed by atoms with van der Waals surface area (Å²) in [6.45, 7) is 5.86. The Morgan fingerprint density at radius 2 is 1.84 bits per heavy atom. The highest BCUT2D eigenvalue weighted by atomic mass is 16.5. The molecule has 1 aliphatic rings. The highest BCUT2D eigenvalue weighted by Crippen LogP contribution is 2.32. The van der Waals surface area contributed by atoms with Gasteiger partial charge in [-0.15, -0.1) is 0 Å². The number of imidazole rings is 1. The number of hydrogen-bond acceptors (Lipinski definition) is 9. The number of hydrogen-bond donors (Lipinski definition) is 3. The van der Waals surface area contributed by atoms with E-state index in [1.807, 2.05) is 30.0 Å². The number of methoxy groups -OCH3 is 1. The molecule has 0 radical (unpaired) electrons. The van der Waals surface area contributed by atoms with Crippen LogP contribution in [-0.4, -0.2) is 103 Å². The van der Waals surface area contributed by atoms with Crippen LogP contribution in [0.3, 0.4) is 0 Å². The molecule has 13 heteroatoms. The number of aromatic amines is 1. The number of anilines is 2. The molecule has 0 spiro atoms. The number of aryl methyl sites for hydroxylation is 1. The van der Waals surface area contributed by atoms with E-state index < -0.39 is 5.91 Å². The van der Waals surface area contributed by atoms with Gasteiger partial charge in [-0.05, 0) is 81.3 Å². The molecule has 2 heterocycles. The smallest absolute Gasteiger partial charge is 0.258 e. The van der Waals surface area contributed by atoms with Crippen molar-refractivity contribution in [2.75, 3.05) is 64.2 Å². The molecule has 5 rings (SSSR count). The summed E-state index contributed by atoms with van der Waals surface area (Å²) in [6, 6.07) is 15.6. The predicted octanol–water partition coefficient (Wildman–Crippen LogP) is 4.93. The molecule has 0 bridgehead atoms. The number of nitrogens with zero attached hydrogens (tertiary/aromatic N) is 5. The quantitative estimate of drug-likeness (QED) is 0.0785. The zero-order valence-corrected chi connectivity index (χ0v) is 28.4. The third-order valence-electron chi connectivity index (χ3n) is 8.58. The van der Waals surface area contributed by atoms with Crippen LogP contribution in [0.25, 0.3) is 11.0 Å². The summed E-state index contributed by atoms with van der Waals surface area (Å²) in [5.74, 6) is 0.712. The maximum Gasteiger partial charge on any atom is 0.258 e. The van der Waals surface area contributed by atoms with Crippen molar-refractivity contribution < 1.29 is 29.1 Å². The number of fused-ring (bicyclic) bond motifs is 1. The summed E-state index contributed by atoms with van der Waals surface area (Å²) < 4.78 is 11.7. The van der Waals surface area contributed by atoms with Gasteiger partial charge in [0.2, 0.25) is 5.91 Å². The van der Waals surface area contributed by atoms with Crippen LogP contribution in [-0.2, 0) is 4.79 Å². The fraction of sp³-hybridized carbons (Fsp3) is 0.361. The van der Waals surface area contributed by atoms with Crippen molar-refractivity contribution in [3.63, 3.8) is 0 Å². The second-order valence-electron chi connectivity index (χ2n) is 12.1. The van der Waals surface area contributed by atoms with Gasteiger partial charge in [0.1, 0.15) is 23.2 Å². The largest absolute Gasteiger partial charge is 0.495 e. The second-order valence-corrected chi connectivity index (χ2v) is 12.1. The first-order valence-electron chi connectivity index (χ1n) is 16.3. The number of H-pyrrole nitrogens is 1. The van der Waals surface area contributed by atoms with Gasteiger partial charge in [0.25, 0.3) is 11.8 Å². The van der Waals surface area contributed by atoms with E-state index in [-0.39, 0.29) is 11.8 Å². The van der Waals surface area contributed by atoms with E-state index >= 15 is 0 Å². The van der Waals surface area contributed by atoms with Gasteiger partial charge in [-0.25, -0.2) is 4.98 Å². The molecule has 1 aliphatic heterocycles. The highest BCUT2D eigenvalue weighted by molar-refractivity contribution is 6.13. The molecule has 0 unspecified atom stereocenters. The summed E-state index contributed by atoms with van der Waals surface area (Å²) in [5, 5.41) is 14.7. The number of ether oxygens (including phenoxy) is 2. The number of likely N-dealkylation sites (N-methyl/N-ethyl adjacent to an activating group) is 1. The van der Waals surface area contributed by atoms with Crippen LogP contribution in [0.1, 0.15) is 57.8 Å². The Morgan fingerprint density at radius 1 is 1.04 bits per heavy atom. The zero-order valence-electron chi connectivity index (χ0n) is 28.4. The summed E-state index contributed by atoms with van der Waals surface area (Å²) >= 11 is 0. The number of piperazine rings is 1. The van der Waals surface area contributed by atoms with Crippen LogP contribution in [0.2, 0.25) is 0 Å². The molecule has 3 aromatic carbocycles. The van der Waals surface area contributed by atoms with Gasteiger partial charge in [-0.1, -0.05) is 17.3 Å². The van der Waals surface area contributed by atoms with Crippen LogP contribution in [0.5, 0.6) is 11.5 Å². The molecule has 4 aromatic rings. The first-order chi connectivity index (χ1) is 23.7. The molecule has 13 nitrogen and oxygen atoms in total. The van der Waals surface area contributed by atoms with Crippen molar-refractivity contribution in [1.29, 1.82) is 0 Å². The number of aromatic nitrogens is 2. The first kappa shape index (κ1) is 34.9. The molecule has 1 aromatic heterocycles. The number of rotatable bonds is 13. The van der Waals surface area contributed by atoms with Crippen molar-refractivity contribution >= 4 is 46.3 Å². The summed E-state index contributed by atoms with van der Waals surface area (Å²) in [4.78, 5) is 52.5. The van der Waals surface area contributed by atoms with Crippen LogP contribution < -0.4 is 19.7 Å². The van der Waals surface area contributed by atoms with Gasteiger partial charge in [0, 0.05) is 45.2 Å². The number of amides is 3.